The van der Waals surface area contributed by atoms with Gasteiger partial charge in [0.05, 0.1) is 0 Å². The maximum absolute atomic E-state index is 5.48. The maximum Gasteiger partial charge on any atom is 0.227 e. The third kappa shape index (κ3) is 1.93. The molecule has 13 heavy (non-hydrogen) atoms. The Morgan fingerprint density at radius 1 is 1.23 bits per heavy atom. The molecule has 0 spiro atoms. The van der Waals surface area contributed by atoms with E-state index in [1.807, 2.05) is 18.2 Å². The van der Waals surface area contributed by atoms with Gasteiger partial charge in [-0.3, -0.25) is 0 Å². The molecular formula is C9H8CuMnO2. The quantitative estimate of drug-likeness (QED) is 0.522. The van der Waals surface area contributed by atoms with Crippen LogP contribution in [0.25, 0.3) is 0 Å². The Labute approximate surface area is 97.9 Å². The molecule has 0 aromatic heterocycles. The molecule has 74 valence electrons. The van der Waals surface area contributed by atoms with Gasteiger partial charge in [0.2, 0.25) is 6.29 Å². The van der Waals surface area contributed by atoms with Gasteiger partial charge in [-0.25, -0.2) is 0 Å². The molecular weight excluding hydrogens is 259 g/mol. The van der Waals surface area contributed by atoms with Crippen LogP contribution in [0.5, 0.6) is 5.75 Å². The first-order chi connectivity index (χ1) is 5.43. The average molecular weight is 267 g/mol. The summed E-state index contributed by atoms with van der Waals surface area (Å²) in [5.74, 6) is 0.992. The van der Waals surface area contributed by atoms with Gasteiger partial charge >= 0.3 is 0 Å². The Morgan fingerprint density at radius 3 is 2.85 bits per heavy atom. The van der Waals surface area contributed by atoms with E-state index in [0.29, 0.717) is 6.10 Å². The smallest absolute Gasteiger partial charge is 0.227 e. The minimum Gasteiger partial charge on any atom is -0.462 e. The Balaban J connectivity index is 0.000000422. The molecule has 2 radical (unpaired) electrons. The fourth-order valence-electron chi connectivity index (χ4n) is 1.50. The van der Waals surface area contributed by atoms with E-state index in [1.54, 1.807) is 0 Å². The molecule has 2 nitrogen and oxygen atoms in total. The van der Waals surface area contributed by atoms with E-state index < -0.39 is 0 Å². The summed E-state index contributed by atoms with van der Waals surface area (Å²) in [4.78, 5) is 0. The molecule has 2 aliphatic heterocycles. The van der Waals surface area contributed by atoms with Crippen molar-refractivity contribution in [2.45, 2.75) is 18.8 Å². The average Bonchev–Trinajstić information content (AvgIpc) is 2.77. The van der Waals surface area contributed by atoms with Gasteiger partial charge in [0.25, 0.3) is 0 Å². The van der Waals surface area contributed by atoms with Crippen molar-refractivity contribution in [1.29, 1.82) is 0 Å². The Kier molecular flexibility index (Phi) is 3.44. The fraction of sp³-hybridized carbons (Fsp3) is 0.333. The third-order valence-corrected chi connectivity index (χ3v) is 2.17. The summed E-state index contributed by atoms with van der Waals surface area (Å²) in [6, 6.07) is 8.10. The summed E-state index contributed by atoms with van der Waals surface area (Å²) in [6.45, 7) is 0. The largest absolute Gasteiger partial charge is 0.462 e. The summed E-state index contributed by atoms with van der Waals surface area (Å²) < 4.78 is 10.7. The zero-order valence-electron chi connectivity index (χ0n) is 6.67. The van der Waals surface area contributed by atoms with Crippen molar-refractivity contribution < 1.29 is 43.6 Å². The molecule has 0 saturated carbocycles. The van der Waals surface area contributed by atoms with Crippen LogP contribution in [0, 0.1) is 0 Å². The molecule has 2 atom stereocenters. The summed E-state index contributed by atoms with van der Waals surface area (Å²) in [5.41, 5.74) is 1.27. The first-order valence-electron chi connectivity index (χ1n) is 3.83. The molecule has 4 heteroatoms. The molecule has 0 bridgehead atoms. The molecule has 1 aromatic carbocycles. The summed E-state index contributed by atoms with van der Waals surface area (Å²) in [5, 5.41) is 0. The van der Waals surface area contributed by atoms with Crippen LogP contribution >= 0.6 is 0 Å². The standard InChI is InChI=1S/C9H8O2.Cu.Mn/c1-2-4-7-6(3-1)5-8-9(10-7)11-8;;/h1-4,8-9H,5H2;;. The number of ether oxygens (including phenoxy) is 2. The van der Waals surface area contributed by atoms with Crippen LogP contribution in [0.3, 0.4) is 0 Å². The number of epoxide rings is 1. The molecule has 0 aliphatic carbocycles. The van der Waals surface area contributed by atoms with E-state index >= 15 is 0 Å². The van der Waals surface area contributed by atoms with Crippen molar-refractivity contribution in [3.8, 4) is 5.75 Å². The van der Waals surface area contributed by atoms with Crippen LogP contribution in [0.2, 0.25) is 0 Å². The minimum atomic E-state index is 0. The first kappa shape index (κ1) is 11.1. The van der Waals surface area contributed by atoms with Gasteiger partial charge in [0, 0.05) is 40.6 Å². The van der Waals surface area contributed by atoms with Crippen molar-refractivity contribution >= 4 is 0 Å². The van der Waals surface area contributed by atoms with Crippen molar-refractivity contribution in [3.63, 3.8) is 0 Å². The predicted octanol–water partition coefficient (Wildman–Crippen LogP) is 1.34. The second-order valence-corrected chi connectivity index (χ2v) is 2.97. The Bertz CT molecular complexity index is 276. The second kappa shape index (κ2) is 4.03. The van der Waals surface area contributed by atoms with E-state index in [1.165, 1.54) is 5.56 Å². The molecule has 1 aromatic rings. The number of benzene rings is 1. The Hall–Kier alpha value is 0.0190. The number of fused-ring (bicyclic) bond motifs is 2. The SMILES string of the molecule is [Cu].[Mn].c1ccc2c(c1)CC1OC1O2. The van der Waals surface area contributed by atoms with E-state index in [-0.39, 0.29) is 40.4 Å². The third-order valence-electron chi connectivity index (χ3n) is 2.17. The van der Waals surface area contributed by atoms with Crippen molar-refractivity contribution in [2.75, 3.05) is 0 Å². The van der Waals surface area contributed by atoms with Gasteiger partial charge in [0.15, 0.2) is 0 Å². The van der Waals surface area contributed by atoms with Gasteiger partial charge in [0.1, 0.15) is 11.9 Å². The van der Waals surface area contributed by atoms with Gasteiger partial charge < -0.3 is 9.47 Å². The van der Waals surface area contributed by atoms with E-state index in [4.69, 9.17) is 9.47 Å². The molecule has 0 N–H and O–H groups in total. The molecule has 1 fully saturated rings. The van der Waals surface area contributed by atoms with Crippen LogP contribution in [0.4, 0.5) is 0 Å². The molecule has 3 rings (SSSR count). The number of para-hydroxylation sites is 1. The molecule has 1 saturated heterocycles. The van der Waals surface area contributed by atoms with E-state index in [2.05, 4.69) is 6.07 Å². The van der Waals surface area contributed by atoms with E-state index in [9.17, 15) is 0 Å². The zero-order valence-corrected chi connectivity index (χ0v) is 8.79. The van der Waals surface area contributed by atoms with Gasteiger partial charge in [-0.1, -0.05) is 18.2 Å². The molecule has 0 amide bonds. The first-order valence-corrected chi connectivity index (χ1v) is 3.83. The van der Waals surface area contributed by atoms with Crippen molar-refractivity contribution in [2.24, 2.45) is 0 Å². The summed E-state index contributed by atoms with van der Waals surface area (Å²) in [7, 11) is 0. The summed E-state index contributed by atoms with van der Waals surface area (Å²) in [6.07, 6.45) is 1.41. The normalized spacial score (nSPS) is 26.8. The fourth-order valence-corrected chi connectivity index (χ4v) is 1.50. The topological polar surface area (TPSA) is 21.8 Å². The van der Waals surface area contributed by atoms with Gasteiger partial charge in [-0.15, -0.1) is 0 Å². The van der Waals surface area contributed by atoms with Crippen LogP contribution in [0.15, 0.2) is 24.3 Å². The second-order valence-electron chi connectivity index (χ2n) is 2.97. The maximum atomic E-state index is 5.48. The van der Waals surface area contributed by atoms with Crippen LogP contribution in [0.1, 0.15) is 5.56 Å². The minimum absolute atomic E-state index is 0. The monoisotopic (exact) mass is 266 g/mol. The van der Waals surface area contributed by atoms with Crippen molar-refractivity contribution in [1.82, 2.24) is 0 Å². The number of hydrogen-bond donors (Lipinski definition) is 0. The molecule has 2 aliphatic rings. The molecule has 2 heterocycles. The zero-order chi connectivity index (χ0) is 7.26. The predicted molar refractivity (Wildman–Crippen MR) is 39.4 cm³/mol. The number of hydrogen-bond acceptors (Lipinski definition) is 2. The van der Waals surface area contributed by atoms with Crippen LogP contribution in [-0.2, 0) is 45.3 Å². The van der Waals surface area contributed by atoms with Crippen molar-refractivity contribution in [3.05, 3.63) is 29.8 Å². The molecule has 2 unspecified atom stereocenters. The number of rotatable bonds is 0. The van der Waals surface area contributed by atoms with E-state index in [0.717, 1.165) is 12.2 Å². The Morgan fingerprint density at radius 2 is 2.00 bits per heavy atom. The van der Waals surface area contributed by atoms with Crippen LogP contribution in [-0.4, -0.2) is 12.4 Å². The van der Waals surface area contributed by atoms with Gasteiger partial charge in [-0.05, 0) is 11.6 Å². The van der Waals surface area contributed by atoms with Gasteiger partial charge in [-0.2, -0.15) is 0 Å². The summed E-state index contributed by atoms with van der Waals surface area (Å²) >= 11 is 0. The van der Waals surface area contributed by atoms with Crippen LogP contribution < -0.4 is 4.74 Å².